The molecule has 0 saturated carbocycles. The second kappa shape index (κ2) is 6.11. The molecule has 2 rings (SSSR count). The van der Waals surface area contributed by atoms with Crippen LogP contribution in [-0.4, -0.2) is 23.2 Å². The number of ether oxygens (including phenoxy) is 2. The van der Waals surface area contributed by atoms with Crippen LogP contribution in [0.15, 0.2) is 30.5 Å². The van der Waals surface area contributed by atoms with Gasteiger partial charge in [-0.1, -0.05) is 11.6 Å². The number of nitrogens with zero attached hydrogens (tertiary/aromatic N) is 2. The van der Waals surface area contributed by atoms with Gasteiger partial charge in [0.05, 0.1) is 18.2 Å². The topological polar surface area (TPSA) is 92.4 Å². The Kier molecular flexibility index (Phi) is 4.26. The number of methoxy groups -OCH3 is 1. The lowest BCUT2D eigenvalue weighted by molar-refractivity contribution is 0.0696. The number of carboxylic acids is 1. The minimum absolute atomic E-state index is 0.0390. The number of hydrogen-bond donors (Lipinski definition) is 1. The average Bonchev–Trinajstić information content (AvgIpc) is 2.49. The van der Waals surface area contributed by atoms with E-state index in [2.05, 4.69) is 4.98 Å². The first-order valence-corrected chi connectivity index (χ1v) is 6.08. The van der Waals surface area contributed by atoms with Crippen molar-refractivity contribution in [1.82, 2.24) is 4.98 Å². The van der Waals surface area contributed by atoms with E-state index in [0.29, 0.717) is 0 Å². The van der Waals surface area contributed by atoms with Gasteiger partial charge in [0.25, 0.3) is 0 Å². The fraction of sp³-hybridized carbons (Fsp3) is 0.0714. The van der Waals surface area contributed by atoms with Gasteiger partial charge in [-0.25, -0.2) is 9.78 Å². The molecule has 2 aromatic rings. The summed E-state index contributed by atoms with van der Waals surface area (Å²) in [5.74, 6) is -0.582. The van der Waals surface area contributed by atoms with Crippen molar-refractivity contribution in [2.45, 2.75) is 0 Å². The van der Waals surface area contributed by atoms with E-state index in [1.165, 1.54) is 37.6 Å². The second-order valence-electron chi connectivity index (χ2n) is 3.86. The first kappa shape index (κ1) is 14.6. The lowest BCUT2D eigenvalue weighted by Crippen LogP contribution is -1.99. The number of halogens is 1. The second-order valence-corrected chi connectivity index (χ2v) is 4.24. The van der Waals surface area contributed by atoms with E-state index in [4.69, 9.17) is 31.4 Å². The summed E-state index contributed by atoms with van der Waals surface area (Å²) in [5.41, 5.74) is 0.284. The SMILES string of the molecule is COc1cc(C(=O)O)ccc1Oc1nccc(C#N)c1Cl. The van der Waals surface area contributed by atoms with Crippen molar-refractivity contribution in [3.8, 4) is 23.4 Å². The third-order valence-electron chi connectivity index (χ3n) is 2.59. The van der Waals surface area contributed by atoms with Gasteiger partial charge in [0, 0.05) is 6.20 Å². The Labute approximate surface area is 125 Å². The predicted octanol–water partition coefficient (Wildman–Crippen LogP) is 3.11. The van der Waals surface area contributed by atoms with Crippen LogP contribution in [0.2, 0.25) is 5.02 Å². The van der Waals surface area contributed by atoms with Crippen molar-refractivity contribution < 1.29 is 19.4 Å². The molecule has 0 radical (unpaired) electrons. The Morgan fingerprint density at radius 3 is 2.76 bits per heavy atom. The predicted molar refractivity (Wildman–Crippen MR) is 74.0 cm³/mol. The summed E-state index contributed by atoms with van der Waals surface area (Å²) in [4.78, 5) is 14.8. The van der Waals surface area contributed by atoms with E-state index in [9.17, 15) is 4.79 Å². The summed E-state index contributed by atoms with van der Waals surface area (Å²) in [5, 5.41) is 17.9. The fourth-order valence-electron chi connectivity index (χ4n) is 1.57. The Morgan fingerprint density at radius 1 is 1.38 bits per heavy atom. The zero-order valence-electron chi connectivity index (χ0n) is 10.8. The number of benzene rings is 1. The smallest absolute Gasteiger partial charge is 0.335 e. The van der Waals surface area contributed by atoms with Crippen molar-refractivity contribution in [1.29, 1.82) is 5.26 Å². The van der Waals surface area contributed by atoms with Gasteiger partial charge in [0.1, 0.15) is 11.1 Å². The maximum Gasteiger partial charge on any atom is 0.335 e. The van der Waals surface area contributed by atoms with Gasteiger partial charge in [-0.2, -0.15) is 5.26 Å². The molecule has 0 aliphatic heterocycles. The van der Waals surface area contributed by atoms with Crippen LogP contribution in [0, 0.1) is 11.3 Å². The summed E-state index contributed by atoms with van der Waals surface area (Å²) in [6, 6.07) is 7.48. The molecule has 21 heavy (non-hydrogen) atoms. The number of nitriles is 1. The van der Waals surface area contributed by atoms with Gasteiger partial charge in [0.2, 0.25) is 5.88 Å². The molecule has 0 saturated heterocycles. The summed E-state index contributed by atoms with van der Waals surface area (Å²) >= 11 is 5.99. The normalized spacial score (nSPS) is 9.76. The lowest BCUT2D eigenvalue weighted by atomic mass is 10.2. The van der Waals surface area contributed by atoms with Crippen molar-refractivity contribution in [2.75, 3.05) is 7.11 Å². The molecule has 6 nitrogen and oxygen atoms in total. The molecular formula is C14H9ClN2O4. The number of carboxylic acid groups (broad SMARTS) is 1. The van der Waals surface area contributed by atoms with Crippen LogP contribution in [0.4, 0.5) is 0 Å². The maximum atomic E-state index is 10.9. The summed E-state index contributed by atoms with van der Waals surface area (Å²) in [6.45, 7) is 0. The molecule has 0 aliphatic rings. The Hall–Kier alpha value is -2.78. The first-order valence-electron chi connectivity index (χ1n) is 5.70. The van der Waals surface area contributed by atoms with Crippen LogP contribution >= 0.6 is 11.6 Å². The number of carbonyl (C=O) groups is 1. The van der Waals surface area contributed by atoms with Crippen LogP contribution < -0.4 is 9.47 Å². The molecule has 0 amide bonds. The highest BCUT2D eigenvalue weighted by Crippen LogP contribution is 2.35. The monoisotopic (exact) mass is 304 g/mol. The van der Waals surface area contributed by atoms with Gasteiger partial charge in [-0.3, -0.25) is 0 Å². The summed E-state index contributed by atoms with van der Waals surface area (Å²) in [6.07, 6.45) is 1.39. The molecule has 0 bridgehead atoms. The third kappa shape index (κ3) is 3.04. The minimum Gasteiger partial charge on any atom is -0.493 e. The molecule has 106 valence electrons. The van der Waals surface area contributed by atoms with Crippen LogP contribution in [0.25, 0.3) is 0 Å². The highest BCUT2D eigenvalue weighted by atomic mass is 35.5. The molecule has 0 unspecified atom stereocenters. The highest BCUT2D eigenvalue weighted by Gasteiger charge is 2.14. The third-order valence-corrected chi connectivity index (χ3v) is 2.96. The van der Waals surface area contributed by atoms with Gasteiger partial charge in [-0.15, -0.1) is 0 Å². The largest absolute Gasteiger partial charge is 0.493 e. The number of aromatic carboxylic acids is 1. The van der Waals surface area contributed by atoms with Gasteiger partial charge in [0.15, 0.2) is 11.5 Å². The van der Waals surface area contributed by atoms with Gasteiger partial charge < -0.3 is 14.6 Å². The van der Waals surface area contributed by atoms with Crippen LogP contribution in [0.5, 0.6) is 17.4 Å². The molecule has 1 aromatic heterocycles. The van der Waals surface area contributed by atoms with E-state index >= 15 is 0 Å². The number of hydrogen-bond acceptors (Lipinski definition) is 5. The molecule has 1 aromatic carbocycles. The van der Waals surface area contributed by atoms with E-state index in [0.717, 1.165) is 0 Å². The Bertz CT molecular complexity index is 740. The fourth-order valence-corrected chi connectivity index (χ4v) is 1.76. The Morgan fingerprint density at radius 2 is 2.14 bits per heavy atom. The van der Waals surface area contributed by atoms with E-state index in [-0.39, 0.29) is 33.5 Å². The molecular weight excluding hydrogens is 296 g/mol. The number of pyridine rings is 1. The summed E-state index contributed by atoms with van der Waals surface area (Å²) < 4.78 is 10.6. The number of aromatic nitrogens is 1. The van der Waals surface area contributed by atoms with Crippen LogP contribution in [0.1, 0.15) is 15.9 Å². The zero-order valence-corrected chi connectivity index (χ0v) is 11.6. The first-order chi connectivity index (χ1) is 10.1. The highest BCUT2D eigenvalue weighted by molar-refractivity contribution is 6.33. The van der Waals surface area contributed by atoms with E-state index < -0.39 is 5.97 Å². The van der Waals surface area contributed by atoms with Crippen LogP contribution in [0.3, 0.4) is 0 Å². The standard InChI is InChI=1S/C14H9ClN2O4/c1-20-11-6-8(14(18)19)2-3-10(11)21-13-12(15)9(7-16)4-5-17-13/h2-6H,1H3,(H,18,19). The zero-order chi connectivity index (χ0) is 15.4. The lowest BCUT2D eigenvalue weighted by Gasteiger charge is -2.11. The van der Waals surface area contributed by atoms with Crippen LogP contribution in [-0.2, 0) is 0 Å². The molecule has 0 atom stereocenters. The molecule has 1 heterocycles. The quantitative estimate of drug-likeness (QED) is 0.933. The van der Waals surface area contributed by atoms with Crippen molar-refractivity contribution in [3.63, 3.8) is 0 Å². The van der Waals surface area contributed by atoms with Crippen molar-refractivity contribution in [3.05, 3.63) is 46.6 Å². The van der Waals surface area contributed by atoms with Crippen molar-refractivity contribution in [2.24, 2.45) is 0 Å². The molecule has 0 spiro atoms. The minimum atomic E-state index is -1.08. The Balaban J connectivity index is 2.40. The average molecular weight is 305 g/mol. The molecule has 0 fully saturated rings. The summed E-state index contributed by atoms with van der Waals surface area (Å²) in [7, 11) is 1.38. The van der Waals surface area contributed by atoms with Gasteiger partial charge in [-0.05, 0) is 24.3 Å². The van der Waals surface area contributed by atoms with Gasteiger partial charge >= 0.3 is 5.97 Å². The van der Waals surface area contributed by atoms with E-state index in [1.54, 1.807) is 0 Å². The number of rotatable bonds is 4. The molecule has 0 aliphatic carbocycles. The van der Waals surface area contributed by atoms with E-state index in [1.807, 2.05) is 6.07 Å². The maximum absolute atomic E-state index is 10.9. The molecule has 1 N–H and O–H groups in total. The molecule has 7 heteroatoms. The van der Waals surface area contributed by atoms with Crippen molar-refractivity contribution >= 4 is 17.6 Å².